The molecule has 2 aromatic heterocycles. The summed E-state index contributed by atoms with van der Waals surface area (Å²) in [6.07, 6.45) is 1.90. The fourth-order valence-corrected chi connectivity index (χ4v) is 4.29. The molecule has 1 aliphatic heterocycles. The second kappa shape index (κ2) is 7.15. The lowest BCUT2D eigenvalue weighted by atomic mass is 10.1. The van der Waals surface area contributed by atoms with Crippen molar-refractivity contribution in [1.29, 1.82) is 0 Å². The summed E-state index contributed by atoms with van der Waals surface area (Å²) in [5.74, 6) is 1.42. The van der Waals surface area contributed by atoms with Crippen LogP contribution in [0.25, 0.3) is 10.2 Å². The number of benzene rings is 1. The van der Waals surface area contributed by atoms with Crippen molar-refractivity contribution in [1.82, 2.24) is 15.3 Å². The third kappa shape index (κ3) is 3.12. The third-order valence-corrected chi connectivity index (χ3v) is 5.93. The number of para-hydroxylation sites is 2. The van der Waals surface area contributed by atoms with E-state index in [1.165, 1.54) is 10.4 Å². The summed E-state index contributed by atoms with van der Waals surface area (Å²) in [5.41, 5.74) is 2.10. The summed E-state index contributed by atoms with van der Waals surface area (Å²) >= 11 is 1.67. The van der Waals surface area contributed by atoms with Crippen molar-refractivity contribution in [2.24, 2.45) is 0 Å². The third-order valence-electron chi connectivity index (χ3n) is 4.82. The highest BCUT2D eigenvalue weighted by atomic mass is 32.1. The Hall–Kier alpha value is -2.67. The van der Waals surface area contributed by atoms with Crippen molar-refractivity contribution in [3.63, 3.8) is 0 Å². The zero-order valence-corrected chi connectivity index (χ0v) is 16.5. The molecule has 0 saturated heterocycles. The lowest BCUT2D eigenvalue weighted by Crippen LogP contribution is -2.48. The Morgan fingerprint density at radius 1 is 1.33 bits per heavy atom. The first kappa shape index (κ1) is 17.7. The fraction of sp³-hybridized carbons (Fsp3) is 0.350. The number of thiophene rings is 1. The Kier molecular flexibility index (Phi) is 4.70. The summed E-state index contributed by atoms with van der Waals surface area (Å²) in [6.45, 7) is 7.27. The maximum atomic E-state index is 12.6. The highest BCUT2D eigenvalue weighted by Crippen LogP contribution is 2.42. The zero-order valence-electron chi connectivity index (χ0n) is 15.7. The monoisotopic (exact) mass is 382 g/mol. The van der Waals surface area contributed by atoms with E-state index in [9.17, 15) is 4.79 Å². The van der Waals surface area contributed by atoms with E-state index in [0.29, 0.717) is 18.8 Å². The first-order valence-corrected chi connectivity index (χ1v) is 9.93. The predicted octanol–water partition coefficient (Wildman–Crippen LogP) is 3.73. The van der Waals surface area contributed by atoms with Crippen molar-refractivity contribution in [2.45, 2.75) is 33.3 Å². The van der Waals surface area contributed by atoms with Crippen LogP contribution in [0.2, 0.25) is 0 Å². The molecule has 0 spiro atoms. The summed E-state index contributed by atoms with van der Waals surface area (Å²) < 4.78 is 6.00. The van der Waals surface area contributed by atoms with E-state index in [2.05, 4.69) is 34.0 Å². The van der Waals surface area contributed by atoms with Crippen molar-refractivity contribution in [2.75, 3.05) is 18.0 Å². The van der Waals surface area contributed by atoms with Gasteiger partial charge in [0.05, 0.1) is 17.6 Å². The van der Waals surface area contributed by atoms with Gasteiger partial charge in [-0.2, -0.15) is 0 Å². The molecule has 0 unspecified atom stereocenters. The molecule has 4 rings (SSSR count). The molecule has 0 bridgehead atoms. The van der Waals surface area contributed by atoms with E-state index in [1.807, 2.05) is 31.2 Å². The summed E-state index contributed by atoms with van der Waals surface area (Å²) in [6, 6.07) is 7.78. The second-order valence-corrected chi connectivity index (χ2v) is 7.84. The number of nitrogens with one attached hydrogen (secondary N) is 1. The van der Waals surface area contributed by atoms with Crippen molar-refractivity contribution in [3.8, 4) is 5.75 Å². The van der Waals surface area contributed by atoms with Crippen molar-refractivity contribution < 1.29 is 9.53 Å². The summed E-state index contributed by atoms with van der Waals surface area (Å²) in [7, 11) is 0. The molecule has 1 aromatic carbocycles. The number of carbonyl (C=O) groups is 1. The number of rotatable bonds is 4. The number of anilines is 2. The number of nitrogens with zero attached hydrogens (tertiary/aromatic N) is 3. The number of hydrogen-bond acceptors (Lipinski definition) is 6. The molecule has 1 amide bonds. The first-order valence-electron chi connectivity index (χ1n) is 9.11. The van der Waals surface area contributed by atoms with Gasteiger partial charge in [0.15, 0.2) is 6.10 Å². The van der Waals surface area contributed by atoms with Crippen LogP contribution in [0.1, 0.15) is 23.8 Å². The molecule has 1 aliphatic rings. The van der Waals surface area contributed by atoms with Crippen LogP contribution in [0.4, 0.5) is 11.5 Å². The summed E-state index contributed by atoms with van der Waals surface area (Å²) in [4.78, 5) is 25.9. The van der Waals surface area contributed by atoms with Gasteiger partial charge < -0.3 is 15.0 Å². The van der Waals surface area contributed by atoms with Crippen LogP contribution in [-0.2, 0) is 4.79 Å². The molecule has 0 saturated carbocycles. The Bertz CT molecular complexity index is 1000. The van der Waals surface area contributed by atoms with Crippen LogP contribution in [-0.4, -0.2) is 35.1 Å². The van der Waals surface area contributed by atoms with Crippen molar-refractivity contribution >= 4 is 39.0 Å². The summed E-state index contributed by atoms with van der Waals surface area (Å²) in [5, 5.41) is 3.98. The SMILES string of the molecule is CCCNC(=O)[C@H]1CN(c2ncnc3sc(C)c(C)c23)c2ccccc2O1. The molecule has 7 heteroatoms. The van der Waals surface area contributed by atoms with Crippen LogP contribution in [0.3, 0.4) is 0 Å². The molecule has 140 valence electrons. The van der Waals surface area contributed by atoms with Crippen LogP contribution in [0, 0.1) is 13.8 Å². The van der Waals surface area contributed by atoms with E-state index in [0.717, 1.165) is 28.1 Å². The molecule has 1 atom stereocenters. The van der Waals surface area contributed by atoms with Gasteiger partial charge in [0.25, 0.3) is 5.91 Å². The quantitative estimate of drug-likeness (QED) is 0.745. The topological polar surface area (TPSA) is 67.4 Å². The van der Waals surface area contributed by atoms with Gasteiger partial charge in [0.2, 0.25) is 0 Å². The average molecular weight is 382 g/mol. The molecule has 1 N–H and O–H groups in total. The molecule has 0 aliphatic carbocycles. The minimum Gasteiger partial charge on any atom is -0.477 e. The van der Waals surface area contributed by atoms with E-state index in [-0.39, 0.29) is 5.91 Å². The zero-order chi connectivity index (χ0) is 19.0. The lowest BCUT2D eigenvalue weighted by Gasteiger charge is -2.35. The normalized spacial score (nSPS) is 16.1. The molecular formula is C20H22N4O2S. The van der Waals surface area contributed by atoms with Gasteiger partial charge in [0.1, 0.15) is 22.7 Å². The molecule has 3 heterocycles. The van der Waals surface area contributed by atoms with Gasteiger partial charge in [-0.1, -0.05) is 19.1 Å². The van der Waals surface area contributed by atoms with Gasteiger partial charge >= 0.3 is 0 Å². The molecule has 6 nitrogen and oxygen atoms in total. The Morgan fingerprint density at radius 3 is 2.96 bits per heavy atom. The number of aryl methyl sites for hydroxylation is 2. The minimum atomic E-state index is -0.587. The highest BCUT2D eigenvalue weighted by molar-refractivity contribution is 7.18. The van der Waals surface area contributed by atoms with Gasteiger partial charge in [0, 0.05) is 11.4 Å². The lowest BCUT2D eigenvalue weighted by molar-refractivity contribution is -0.127. The van der Waals surface area contributed by atoms with Crippen LogP contribution >= 0.6 is 11.3 Å². The average Bonchev–Trinajstić information content (AvgIpc) is 2.99. The molecule has 27 heavy (non-hydrogen) atoms. The van der Waals surface area contributed by atoms with Gasteiger partial charge in [-0.15, -0.1) is 11.3 Å². The maximum absolute atomic E-state index is 12.6. The van der Waals surface area contributed by atoms with Crippen LogP contribution in [0.15, 0.2) is 30.6 Å². The number of hydrogen-bond donors (Lipinski definition) is 1. The van der Waals surface area contributed by atoms with Crippen LogP contribution in [0.5, 0.6) is 5.75 Å². The molecule has 3 aromatic rings. The second-order valence-electron chi connectivity index (χ2n) is 6.64. The van der Waals surface area contributed by atoms with Gasteiger partial charge in [-0.05, 0) is 38.0 Å². The smallest absolute Gasteiger partial charge is 0.262 e. The standard InChI is InChI=1S/C20H22N4O2S/c1-4-9-21-19(25)16-10-24(14-7-5-6-8-15(14)26-16)18-17-12(2)13(3)27-20(17)23-11-22-18/h5-8,11,16H,4,9-10H2,1-3H3,(H,21,25)/t16-/m1/s1. The number of aromatic nitrogens is 2. The van der Waals surface area contributed by atoms with E-state index >= 15 is 0 Å². The Labute approximate surface area is 162 Å². The predicted molar refractivity (Wildman–Crippen MR) is 108 cm³/mol. The molecular weight excluding hydrogens is 360 g/mol. The molecule has 0 radical (unpaired) electrons. The largest absolute Gasteiger partial charge is 0.477 e. The van der Waals surface area contributed by atoms with E-state index < -0.39 is 6.10 Å². The van der Waals surface area contributed by atoms with Gasteiger partial charge in [-0.25, -0.2) is 9.97 Å². The Balaban J connectivity index is 1.81. The minimum absolute atomic E-state index is 0.0973. The van der Waals surface area contributed by atoms with Crippen LogP contribution < -0.4 is 15.0 Å². The van der Waals surface area contributed by atoms with E-state index in [4.69, 9.17) is 4.74 Å². The fourth-order valence-electron chi connectivity index (χ4n) is 3.30. The number of amides is 1. The Morgan fingerprint density at radius 2 is 2.15 bits per heavy atom. The molecule has 0 fully saturated rings. The first-order chi connectivity index (χ1) is 13.1. The number of ether oxygens (including phenoxy) is 1. The highest BCUT2D eigenvalue weighted by Gasteiger charge is 2.33. The number of fused-ring (bicyclic) bond motifs is 2. The number of carbonyl (C=O) groups excluding carboxylic acids is 1. The van der Waals surface area contributed by atoms with Crippen molar-refractivity contribution in [3.05, 3.63) is 41.0 Å². The van der Waals surface area contributed by atoms with E-state index in [1.54, 1.807) is 17.7 Å². The van der Waals surface area contributed by atoms with Gasteiger partial charge in [-0.3, -0.25) is 4.79 Å². The maximum Gasteiger partial charge on any atom is 0.262 e.